The number of carbonyl (C=O) groups excluding carboxylic acids is 2. The number of nitrogens with zero attached hydrogens (tertiary/aromatic N) is 5. The van der Waals surface area contributed by atoms with Crippen LogP contribution in [0.5, 0.6) is 5.75 Å². The maximum absolute atomic E-state index is 15.5. The Bertz CT molecular complexity index is 1730. The number of thiocarbonyl (C=S) groups is 1. The molecule has 4 rings (SSSR count). The number of carbonyl (C=O) groups is 2. The van der Waals surface area contributed by atoms with Gasteiger partial charge >= 0.3 is 11.5 Å². The number of rotatable bonds is 8. The molecule has 42 heavy (non-hydrogen) atoms. The van der Waals surface area contributed by atoms with Crippen LogP contribution in [-0.4, -0.2) is 45.1 Å². The van der Waals surface area contributed by atoms with E-state index in [9.17, 15) is 28.4 Å². The number of halogens is 3. The molecular weight excluding hydrogens is 575 g/mol. The fourth-order valence-corrected chi connectivity index (χ4v) is 5.16. The first-order valence-corrected chi connectivity index (χ1v) is 13.2. The zero-order chi connectivity index (χ0) is 31.1. The van der Waals surface area contributed by atoms with Gasteiger partial charge in [0, 0.05) is 24.8 Å². The van der Waals surface area contributed by atoms with Gasteiger partial charge in [0.1, 0.15) is 5.54 Å². The van der Waals surface area contributed by atoms with E-state index in [1.54, 1.807) is 19.9 Å². The standard InChI is InChI=1S/C28H26F3N5O5S/c1-6-20-22(41-14-21(37)40-7-2)24(38)34-13-17(11-19(29)23(34)33-20)36-26(42)35(25(39)27(36,3)4)16-9-8-15(12-32)18(10-16)28(5,30)31/h8-11,13H,6-7,14H2,1-5H3. The second-order valence-electron chi connectivity index (χ2n) is 9.93. The minimum Gasteiger partial charge on any atom is -0.474 e. The molecule has 0 radical (unpaired) electrons. The topological polar surface area (TPSA) is 117 Å². The first kappa shape index (κ1) is 30.4. The second-order valence-corrected chi connectivity index (χ2v) is 10.3. The number of aryl methyl sites for hydroxylation is 1. The third kappa shape index (κ3) is 5.16. The Morgan fingerprint density at radius 1 is 1.19 bits per heavy atom. The predicted molar refractivity (Wildman–Crippen MR) is 150 cm³/mol. The Morgan fingerprint density at radius 2 is 1.88 bits per heavy atom. The predicted octanol–water partition coefficient (Wildman–Crippen LogP) is 4.24. The van der Waals surface area contributed by atoms with Gasteiger partial charge in [-0.25, -0.2) is 22.9 Å². The fraction of sp³-hybridized carbons (Fsp3) is 0.357. The largest absolute Gasteiger partial charge is 0.474 e. The Hall–Kier alpha value is -4.51. The fourth-order valence-electron chi connectivity index (χ4n) is 4.64. The molecule has 0 atom stereocenters. The maximum Gasteiger partial charge on any atom is 0.344 e. The number of fused-ring (bicyclic) bond motifs is 1. The molecule has 1 aliphatic heterocycles. The van der Waals surface area contributed by atoms with E-state index in [1.165, 1.54) is 31.0 Å². The summed E-state index contributed by atoms with van der Waals surface area (Å²) in [5.41, 5.74) is -3.35. The molecule has 0 unspecified atom stereocenters. The van der Waals surface area contributed by atoms with Gasteiger partial charge in [-0.15, -0.1) is 0 Å². The lowest BCUT2D eigenvalue weighted by molar-refractivity contribution is -0.145. The van der Waals surface area contributed by atoms with Crippen LogP contribution in [0.25, 0.3) is 5.65 Å². The molecule has 14 heteroatoms. The SMILES string of the molecule is CCOC(=O)COc1c(CC)nc2c(F)cc(N3C(=S)N(c4ccc(C#N)c(C(C)(F)F)c4)C(=O)C3(C)C)cn2c1=O. The number of aromatic nitrogens is 2. The summed E-state index contributed by atoms with van der Waals surface area (Å²) in [6.45, 7) is 6.46. The van der Waals surface area contributed by atoms with Crippen LogP contribution in [0.4, 0.5) is 24.5 Å². The van der Waals surface area contributed by atoms with E-state index in [4.69, 9.17) is 21.7 Å². The van der Waals surface area contributed by atoms with Crippen molar-refractivity contribution in [3.8, 4) is 11.8 Å². The molecule has 1 aromatic carbocycles. The summed E-state index contributed by atoms with van der Waals surface area (Å²) in [7, 11) is 0. The number of nitriles is 1. The van der Waals surface area contributed by atoms with Crippen molar-refractivity contribution >= 4 is 46.2 Å². The molecular formula is C28H26F3N5O5S. The van der Waals surface area contributed by atoms with E-state index in [2.05, 4.69) is 4.98 Å². The molecule has 1 amide bonds. The normalized spacial score (nSPS) is 14.8. The number of pyridine rings is 1. The van der Waals surface area contributed by atoms with E-state index in [-0.39, 0.29) is 52.2 Å². The summed E-state index contributed by atoms with van der Waals surface area (Å²) in [5, 5.41) is 9.11. The zero-order valence-corrected chi connectivity index (χ0v) is 24.1. The average Bonchev–Trinajstić information content (AvgIpc) is 3.10. The van der Waals surface area contributed by atoms with E-state index in [0.717, 1.165) is 27.5 Å². The Balaban J connectivity index is 1.84. The van der Waals surface area contributed by atoms with Gasteiger partial charge in [0.25, 0.3) is 11.8 Å². The van der Waals surface area contributed by atoms with Gasteiger partial charge in [-0.2, -0.15) is 5.26 Å². The summed E-state index contributed by atoms with van der Waals surface area (Å²) in [5.74, 6) is -5.90. The summed E-state index contributed by atoms with van der Waals surface area (Å²) >= 11 is 5.59. The molecule has 10 nitrogen and oxygen atoms in total. The first-order chi connectivity index (χ1) is 19.7. The lowest BCUT2D eigenvalue weighted by Gasteiger charge is -2.29. The number of ether oxygens (including phenoxy) is 2. The number of hydrogen-bond acceptors (Lipinski definition) is 8. The Labute approximate surface area is 243 Å². The van der Waals surface area contributed by atoms with Crippen LogP contribution in [0.1, 0.15) is 51.4 Å². The average molecular weight is 602 g/mol. The van der Waals surface area contributed by atoms with Crippen molar-refractivity contribution in [3.63, 3.8) is 0 Å². The van der Waals surface area contributed by atoms with Gasteiger partial charge in [0.15, 0.2) is 23.2 Å². The van der Waals surface area contributed by atoms with Crippen molar-refractivity contribution in [1.29, 1.82) is 5.26 Å². The molecule has 3 aromatic rings. The minimum absolute atomic E-state index is 0.00923. The third-order valence-corrected chi connectivity index (χ3v) is 7.01. The van der Waals surface area contributed by atoms with Crippen molar-refractivity contribution < 1.29 is 32.2 Å². The molecule has 1 saturated heterocycles. The van der Waals surface area contributed by atoms with Crippen LogP contribution in [0, 0.1) is 17.1 Å². The van der Waals surface area contributed by atoms with E-state index >= 15 is 4.39 Å². The summed E-state index contributed by atoms with van der Waals surface area (Å²) in [4.78, 5) is 45.4. The van der Waals surface area contributed by atoms with Crippen LogP contribution in [0.3, 0.4) is 0 Å². The van der Waals surface area contributed by atoms with E-state index < -0.39 is 46.9 Å². The molecule has 0 aliphatic carbocycles. The van der Waals surface area contributed by atoms with Crippen molar-refractivity contribution in [1.82, 2.24) is 9.38 Å². The Kier molecular flexibility index (Phi) is 8.01. The highest BCUT2D eigenvalue weighted by molar-refractivity contribution is 7.81. The summed E-state index contributed by atoms with van der Waals surface area (Å²) in [6, 6.07) is 6.25. The maximum atomic E-state index is 15.5. The molecule has 220 valence electrons. The van der Waals surface area contributed by atoms with Crippen molar-refractivity contribution in [3.05, 3.63) is 63.5 Å². The van der Waals surface area contributed by atoms with Crippen LogP contribution in [0.15, 0.2) is 35.3 Å². The van der Waals surface area contributed by atoms with E-state index in [0.29, 0.717) is 6.92 Å². The molecule has 3 heterocycles. The molecule has 0 N–H and O–H groups in total. The number of esters is 1. The van der Waals surface area contributed by atoms with Gasteiger partial charge in [-0.05, 0) is 57.6 Å². The van der Waals surface area contributed by atoms with Crippen LogP contribution in [-0.2, 0) is 26.7 Å². The molecule has 2 aromatic heterocycles. The highest BCUT2D eigenvalue weighted by Gasteiger charge is 2.51. The van der Waals surface area contributed by atoms with Crippen LogP contribution >= 0.6 is 12.2 Å². The lowest BCUT2D eigenvalue weighted by atomic mass is 10.0. The highest BCUT2D eigenvalue weighted by atomic mass is 32.1. The number of benzene rings is 1. The van der Waals surface area contributed by atoms with Gasteiger partial charge in [-0.1, -0.05) is 6.92 Å². The zero-order valence-electron chi connectivity index (χ0n) is 23.3. The number of alkyl halides is 2. The number of amides is 1. The van der Waals surface area contributed by atoms with Crippen LogP contribution < -0.4 is 20.1 Å². The first-order valence-electron chi connectivity index (χ1n) is 12.8. The van der Waals surface area contributed by atoms with E-state index in [1.807, 2.05) is 0 Å². The lowest BCUT2D eigenvalue weighted by Crippen LogP contribution is -2.44. The van der Waals surface area contributed by atoms with Gasteiger partial charge in [0.2, 0.25) is 5.75 Å². The number of hydrogen-bond donors (Lipinski definition) is 0. The second kappa shape index (κ2) is 11.1. The van der Waals surface area contributed by atoms with Crippen molar-refractivity contribution in [2.24, 2.45) is 0 Å². The van der Waals surface area contributed by atoms with Gasteiger partial charge in [-0.3, -0.25) is 18.9 Å². The van der Waals surface area contributed by atoms with Gasteiger partial charge < -0.3 is 14.4 Å². The molecule has 0 saturated carbocycles. The number of anilines is 2. The summed E-state index contributed by atoms with van der Waals surface area (Å²) < 4.78 is 55.2. The van der Waals surface area contributed by atoms with Crippen molar-refractivity contribution in [2.45, 2.75) is 52.5 Å². The monoisotopic (exact) mass is 601 g/mol. The molecule has 0 bridgehead atoms. The molecule has 1 aliphatic rings. The van der Waals surface area contributed by atoms with Gasteiger partial charge in [0.05, 0.1) is 35.3 Å². The summed E-state index contributed by atoms with van der Waals surface area (Å²) in [6.07, 6.45) is 1.42. The minimum atomic E-state index is -3.39. The van der Waals surface area contributed by atoms with Crippen LogP contribution in [0.2, 0.25) is 0 Å². The molecule has 0 spiro atoms. The molecule has 1 fully saturated rings. The highest BCUT2D eigenvalue weighted by Crippen LogP contribution is 2.39. The third-order valence-electron chi connectivity index (χ3n) is 6.65. The smallest absolute Gasteiger partial charge is 0.344 e. The van der Waals surface area contributed by atoms with Crippen molar-refractivity contribution in [2.75, 3.05) is 23.0 Å². The quantitative estimate of drug-likeness (QED) is 0.276. The Morgan fingerprint density at radius 3 is 2.48 bits per heavy atom.